The maximum Gasteiger partial charge on any atom is 0.320 e. The lowest BCUT2D eigenvalue weighted by molar-refractivity contribution is -0.153. The summed E-state index contributed by atoms with van der Waals surface area (Å²) in [5.41, 5.74) is 0.926. The lowest BCUT2D eigenvalue weighted by atomic mass is 9.94. The maximum absolute atomic E-state index is 11.7. The Morgan fingerprint density at radius 1 is 1.13 bits per heavy atom. The van der Waals surface area contributed by atoms with E-state index in [0.29, 0.717) is 6.54 Å². The fourth-order valence-corrected chi connectivity index (χ4v) is 3.36. The summed E-state index contributed by atoms with van der Waals surface area (Å²) >= 11 is 1.85. The van der Waals surface area contributed by atoms with Crippen molar-refractivity contribution in [1.29, 1.82) is 0 Å². The van der Waals surface area contributed by atoms with Gasteiger partial charge in [0.1, 0.15) is 5.60 Å². The maximum atomic E-state index is 11.7. The van der Waals surface area contributed by atoms with Gasteiger partial charge in [0.2, 0.25) is 0 Å². The van der Waals surface area contributed by atoms with E-state index in [9.17, 15) is 4.79 Å². The van der Waals surface area contributed by atoms with Crippen LogP contribution in [0.15, 0.2) is 24.3 Å². The SMILES string of the molecule is CC(C)(C)OC(=O)CNCc1ccc2sc(C(C)(C)C)cc2c1. The molecule has 1 N–H and O–H groups in total. The number of ether oxygens (including phenoxy) is 1. The molecule has 0 amide bonds. The lowest BCUT2D eigenvalue weighted by Gasteiger charge is -2.19. The standard InChI is InChI=1S/C19H27NO2S/c1-18(2,3)16-10-14-9-13(7-8-15(14)23-16)11-20-12-17(21)22-19(4,5)6/h7-10,20H,11-12H2,1-6H3. The van der Waals surface area contributed by atoms with E-state index in [2.05, 4.69) is 50.4 Å². The molecule has 23 heavy (non-hydrogen) atoms. The summed E-state index contributed by atoms with van der Waals surface area (Å²) in [4.78, 5) is 13.1. The smallest absolute Gasteiger partial charge is 0.320 e. The molecule has 0 radical (unpaired) electrons. The molecule has 0 bridgehead atoms. The van der Waals surface area contributed by atoms with E-state index in [1.807, 2.05) is 32.1 Å². The van der Waals surface area contributed by atoms with Gasteiger partial charge < -0.3 is 10.1 Å². The number of thiophene rings is 1. The summed E-state index contributed by atoms with van der Waals surface area (Å²) < 4.78 is 6.60. The van der Waals surface area contributed by atoms with E-state index in [4.69, 9.17) is 4.74 Å². The highest BCUT2D eigenvalue weighted by Gasteiger charge is 2.17. The molecule has 2 aromatic rings. The molecule has 1 heterocycles. The van der Waals surface area contributed by atoms with Crippen LogP contribution in [0.5, 0.6) is 0 Å². The van der Waals surface area contributed by atoms with Crippen molar-refractivity contribution in [2.45, 2.75) is 59.1 Å². The van der Waals surface area contributed by atoms with Crippen LogP contribution in [-0.4, -0.2) is 18.1 Å². The predicted octanol–water partition coefficient (Wildman–Crippen LogP) is 4.63. The van der Waals surface area contributed by atoms with Gasteiger partial charge in [-0.25, -0.2) is 0 Å². The van der Waals surface area contributed by atoms with E-state index in [0.717, 1.165) is 0 Å². The third kappa shape index (κ3) is 5.33. The Kier molecular flexibility index (Phi) is 5.17. The average Bonchev–Trinajstić information content (AvgIpc) is 2.79. The fourth-order valence-electron chi connectivity index (χ4n) is 2.26. The lowest BCUT2D eigenvalue weighted by Crippen LogP contribution is -2.31. The number of benzene rings is 1. The normalized spacial score (nSPS) is 12.6. The zero-order valence-electron chi connectivity index (χ0n) is 14.9. The zero-order chi connectivity index (χ0) is 17.3. The molecular weight excluding hydrogens is 306 g/mol. The van der Waals surface area contributed by atoms with Crippen molar-refractivity contribution in [3.05, 3.63) is 34.7 Å². The van der Waals surface area contributed by atoms with Gasteiger partial charge in [-0.1, -0.05) is 26.8 Å². The number of fused-ring (bicyclic) bond motifs is 1. The van der Waals surface area contributed by atoms with Gasteiger partial charge in [-0.2, -0.15) is 0 Å². The molecule has 1 aromatic heterocycles. The zero-order valence-corrected chi connectivity index (χ0v) is 15.8. The number of esters is 1. The van der Waals surface area contributed by atoms with Crippen LogP contribution in [-0.2, 0) is 21.5 Å². The highest BCUT2D eigenvalue weighted by atomic mass is 32.1. The Hall–Kier alpha value is -1.39. The van der Waals surface area contributed by atoms with Gasteiger partial charge in [0.15, 0.2) is 0 Å². The molecule has 0 unspecified atom stereocenters. The molecule has 0 fully saturated rings. The van der Waals surface area contributed by atoms with Gasteiger partial charge in [-0.15, -0.1) is 11.3 Å². The number of carbonyl (C=O) groups is 1. The second-order valence-electron chi connectivity index (χ2n) is 7.92. The number of hydrogen-bond acceptors (Lipinski definition) is 4. The topological polar surface area (TPSA) is 38.3 Å². The molecular formula is C19H27NO2S. The Bertz CT molecular complexity index is 689. The number of nitrogens with one attached hydrogen (secondary N) is 1. The van der Waals surface area contributed by atoms with Crippen molar-refractivity contribution in [2.24, 2.45) is 0 Å². The van der Waals surface area contributed by atoms with Gasteiger partial charge in [0.05, 0.1) is 6.54 Å². The second kappa shape index (κ2) is 6.62. The van der Waals surface area contributed by atoms with E-state index in [1.54, 1.807) is 0 Å². The first-order chi connectivity index (χ1) is 10.5. The van der Waals surface area contributed by atoms with Crippen molar-refractivity contribution >= 4 is 27.4 Å². The average molecular weight is 333 g/mol. The second-order valence-corrected chi connectivity index (χ2v) is 9.01. The summed E-state index contributed by atoms with van der Waals surface area (Å²) in [6, 6.07) is 8.76. The number of carbonyl (C=O) groups excluding carboxylic acids is 1. The van der Waals surface area contributed by atoms with Crippen LogP contribution in [0, 0.1) is 0 Å². The van der Waals surface area contributed by atoms with Crippen LogP contribution in [0.25, 0.3) is 10.1 Å². The number of rotatable bonds is 4. The summed E-state index contributed by atoms with van der Waals surface area (Å²) in [5.74, 6) is -0.218. The number of hydrogen-bond donors (Lipinski definition) is 1. The Labute approximate surface area is 143 Å². The van der Waals surface area contributed by atoms with Crippen LogP contribution in [0.2, 0.25) is 0 Å². The largest absolute Gasteiger partial charge is 0.459 e. The molecule has 0 atom stereocenters. The van der Waals surface area contributed by atoms with Crippen molar-refractivity contribution in [3.63, 3.8) is 0 Å². The predicted molar refractivity (Wildman–Crippen MR) is 98.1 cm³/mol. The highest BCUT2D eigenvalue weighted by molar-refractivity contribution is 7.19. The van der Waals surface area contributed by atoms with Crippen LogP contribution in [0.3, 0.4) is 0 Å². The monoisotopic (exact) mass is 333 g/mol. The van der Waals surface area contributed by atoms with Gasteiger partial charge in [0, 0.05) is 16.1 Å². The van der Waals surface area contributed by atoms with Crippen LogP contribution >= 0.6 is 11.3 Å². The molecule has 0 aliphatic carbocycles. The highest BCUT2D eigenvalue weighted by Crippen LogP contribution is 2.34. The van der Waals surface area contributed by atoms with E-state index in [-0.39, 0.29) is 17.9 Å². The van der Waals surface area contributed by atoms with Crippen molar-refractivity contribution in [3.8, 4) is 0 Å². The van der Waals surface area contributed by atoms with E-state index in [1.165, 1.54) is 20.5 Å². The first-order valence-corrected chi connectivity index (χ1v) is 8.82. The molecule has 0 aliphatic heterocycles. The molecule has 126 valence electrons. The van der Waals surface area contributed by atoms with E-state index >= 15 is 0 Å². The summed E-state index contributed by atoms with van der Waals surface area (Å²) in [6.07, 6.45) is 0. The van der Waals surface area contributed by atoms with Gasteiger partial charge in [-0.3, -0.25) is 4.79 Å². The van der Waals surface area contributed by atoms with Crippen molar-refractivity contribution in [1.82, 2.24) is 5.32 Å². The van der Waals surface area contributed by atoms with Crippen molar-refractivity contribution < 1.29 is 9.53 Å². The summed E-state index contributed by atoms with van der Waals surface area (Å²) in [6.45, 7) is 13.2. The van der Waals surface area contributed by atoms with Crippen LogP contribution in [0.1, 0.15) is 52.0 Å². The minimum Gasteiger partial charge on any atom is -0.459 e. The Balaban J connectivity index is 1.97. The molecule has 0 saturated heterocycles. The van der Waals surface area contributed by atoms with E-state index < -0.39 is 5.60 Å². The van der Waals surface area contributed by atoms with Gasteiger partial charge in [0.25, 0.3) is 0 Å². The quantitative estimate of drug-likeness (QED) is 0.829. The first-order valence-electron chi connectivity index (χ1n) is 8.00. The Morgan fingerprint density at radius 3 is 2.43 bits per heavy atom. The van der Waals surface area contributed by atoms with Gasteiger partial charge in [-0.05, 0) is 55.3 Å². The van der Waals surface area contributed by atoms with Crippen LogP contribution < -0.4 is 5.32 Å². The summed E-state index contributed by atoms with van der Waals surface area (Å²) in [5, 5.41) is 4.43. The minimum atomic E-state index is -0.433. The minimum absolute atomic E-state index is 0.179. The molecule has 1 aromatic carbocycles. The Morgan fingerprint density at radius 2 is 1.83 bits per heavy atom. The molecule has 2 rings (SSSR count). The molecule has 4 heteroatoms. The first kappa shape index (κ1) is 18.0. The fraction of sp³-hybridized carbons (Fsp3) is 0.526. The summed E-state index contributed by atoms with van der Waals surface area (Å²) in [7, 11) is 0. The third-order valence-electron chi connectivity index (χ3n) is 3.34. The third-order valence-corrected chi connectivity index (χ3v) is 4.88. The van der Waals surface area contributed by atoms with Crippen LogP contribution in [0.4, 0.5) is 0 Å². The van der Waals surface area contributed by atoms with Gasteiger partial charge >= 0.3 is 5.97 Å². The molecule has 0 aliphatic rings. The molecule has 0 saturated carbocycles. The van der Waals surface area contributed by atoms with Crippen molar-refractivity contribution in [2.75, 3.05) is 6.54 Å². The molecule has 0 spiro atoms. The molecule has 3 nitrogen and oxygen atoms in total.